The predicted molar refractivity (Wildman–Crippen MR) is 103 cm³/mol. The lowest BCUT2D eigenvalue weighted by atomic mass is 10.1. The second-order valence-corrected chi connectivity index (χ2v) is 10.0. The molecule has 0 radical (unpaired) electrons. The van der Waals surface area contributed by atoms with E-state index in [1.165, 1.54) is 39.9 Å². The van der Waals surface area contributed by atoms with Gasteiger partial charge in [-0.3, -0.25) is 4.79 Å². The van der Waals surface area contributed by atoms with E-state index in [-0.39, 0.29) is 10.5 Å². The van der Waals surface area contributed by atoms with E-state index in [9.17, 15) is 18.0 Å². The summed E-state index contributed by atoms with van der Waals surface area (Å²) in [6.45, 7) is 0.920. The summed E-state index contributed by atoms with van der Waals surface area (Å²) in [5.74, 6) is -0.986. The average molecular weight is 474 g/mol. The van der Waals surface area contributed by atoms with Gasteiger partial charge in [-0.2, -0.15) is 4.31 Å². The van der Waals surface area contributed by atoms with Gasteiger partial charge in [0.15, 0.2) is 12.4 Å². The summed E-state index contributed by atoms with van der Waals surface area (Å²) in [5, 5.41) is 0. The molecule has 1 fully saturated rings. The molecule has 0 saturated carbocycles. The van der Waals surface area contributed by atoms with Gasteiger partial charge in [-0.15, -0.1) is 11.3 Å². The van der Waals surface area contributed by atoms with Gasteiger partial charge in [0, 0.05) is 18.7 Å². The van der Waals surface area contributed by atoms with E-state index in [2.05, 4.69) is 15.9 Å². The Hall–Kier alpha value is -1.59. The normalized spacial score (nSPS) is 15.4. The number of carbonyl (C=O) groups is 2. The molecule has 0 aliphatic carbocycles. The summed E-state index contributed by atoms with van der Waals surface area (Å²) in [7, 11) is -3.61. The zero-order valence-corrected chi connectivity index (χ0v) is 17.3. The van der Waals surface area contributed by atoms with Crippen LogP contribution in [0.25, 0.3) is 0 Å². The van der Waals surface area contributed by atoms with Crippen LogP contribution in [-0.2, 0) is 19.5 Å². The SMILES string of the molecule is O=C(COC(=O)c1ccc(Br)s1)c1ccc(S(=O)(=O)N2CCOCC2)cc1. The van der Waals surface area contributed by atoms with Crippen LogP contribution in [0.4, 0.5) is 0 Å². The molecule has 1 aromatic carbocycles. The van der Waals surface area contributed by atoms with Gasteiger partial charge in [-0.1, -0.05) is 0 Å². The number of thiophene rings is 1. The van der Waals surface area contributed by atoms with E-state index in [0.29, 0.717) is 31.2 Å². The van der Waals surface area contributed by atoms with E-state index >= 15 is 0 Å². The molecule has 27 heavy (non-hydrogen) atoms. The number of ketones is 1. The smallest absolute Gasteiger partial charge is 0.348 e. The first-order valence-corrected chi connectivity index (χ1v) is 11.1. The molecule has 0 bridgehead atoms. The third-order valence-electron chi connectivity index (χ3n) is 3.89. The van der Waals surface area contributed by atoms with Crippen LogP contribution in [0.2, 0.25) is 0 Å². The fourth-order valence-corrected chi connectivity index (χ4v) is 5.15. The molecule has 144 valence electrons. The van der Waals surface area contributed by atoms with E-state index in [4.69, 9.17) is 9.47 Å². The number of hydrogen-bond donors (Lipinski definition) is 0. The first-order chi connectivity index (χ1) is 12.9. The Kier molecular flexibility index (Phi) is 6.43. The zero-order valence-electron chi connectivity index (χ0n) is 14.1. The van der Waals surface area contributed by atoms with E-state index in [1.807, 2.05) is 0 Å². The minimum atomic E-state index is -3.61. The first-order valence-electron chi connectivity index (χ1n) is 8.01. The Morgan fingerprint density at radius 2 is 1.78 bits per heavy atom. The Morgan fingerprint density at radius 1 is 1.11 bits per heavy atom. The maximum Gasteiger partial charge on any atom is 0.348 e. The molecule has 0 N–H and O–H groups in total. The molecule has 0 spiro atoms. The maximum absolute atomic E-state index is 12.6. The monoisotopic (exact) mass is 473 g/mol. The van der Waals surface area contributed by atoms with Crippen molar-refractivity contribution in [3.05, 3.63) is 50.6 Å². The third kappa shape index (κ3) is 4.82. The highest BCUT2D eigenvalue weighted by atomic mass is 79.9. The second-order valence-electron chi connectivity index (χ2n) is 5.64. The molecule has 1 aliphatic heterocycles. The predicted octanol–water partition coefficient (Wildman–Crippen LogP) is 2.57. The van der Waals surface area contributed by atoms with Gasteiger partial charge >= 0.3 is 5.97 Å². The van der Waals surface area contributed by atoms with E-state index in [1.54, 1.807) is 12.1 Å². The van der Waals surface area contributed by atoms with Crippen molar-refractivity contribution in [1.29, 1.82) is 0 Å². The molecule has 2 aromatic rings. The summed E-state index contributed by atoms with van der Waals surface area (Å²) in [4.78, 5) is 24.6. The third-order valence-corrected chi connectivity index (χ3v) is 7.41. The Morgan fingerprint density at radius 3 is 2.37 bits per heavy atom. The Bertz CT molecular complexity index is 933. The molecule has 0 atom stereocenters. The van der Waals surface area contributed by atoms with Crippen molar-refractivity contribution in [2.75, 3.05) is 32.9 Å². The highest BCUT2D eigenvalue weighted by Crippen LogP contribution is 2.23. The van der Waals surface area contributed by atoms with Crippen LogP contribution >= 0.6 is 27.3 Å². The highest BCUT2D eigenvalue weighted by molar-refractivity contribution is 9.11. The summed E-state index contributed by atoms with van der Waals surface area (Å²) in [6, 6.07) is 8.94. The fourth-order valence-electron chi connectivity index (χ4n) is 2.46. The number of morpholine rings is 1. The van der Waals surface area contributed by atoms with Crippen LogP contribution in [0.3, 0.4) is 0 Å². The minimum Gasteiger partial charge on any atom is -0.453 e. The molecule has 1 saturated heterocycles. The van der Waals surface area contributed by atoms with Crippen LogP contribution in [0.5, 0.6) is 0 Å². The molecule has 0 amide bonds. The summed E-state index contributed by atoms with van der Waals surface area (Å²) < 4.78 is 37.4. The van der Waals surface area contributed by atoms with Crippen LogP contribution in [0.1, 0.15) is 20.0 Å². The van der Waals surface area contributed by atoms with Crippen molar-refractivity contribution >= 4 is 49.0 Å². The number of halogens is 1. The van der Waals surface area contributed by atoms with Gasteiger partial charge in [0.25, 0.3) is 0 Å². The van der Waals surface area contributed by atoms with Crippen molar-refractivity contribution in [3.63, 3.8) is 0 Å². The summed E-state index contributed by atoms with van der Waals surface area (Å²) in [5.41, 5.74) is 0.274. The van der Waals surface area contributed by atoms with Gasteiger partial charge in [-0.05, 0) is 52.3 Å². The average Bonchev–Trinajstić information content (AvgIpc) is 3.13. The number of hydrogen-bond acceptors (Lipinski definition) is 7. The Labute approximate surface area is 169 Å². The zero-order chi connectivity index (χ0) is 19.4. The van der Waals surface area contributed by atoms with E-state index in [0.717, 1.165) is 3.79 Å². The van der Waals surface area contributed by atoms with Crippen molar-refractivity contribution in [1.82, 2.24) is 4.31 Å². The van der Waals surface area contributed by atoms with Crippen molar-refractivity contribution in [3.8, 4) is 0 Å². The van der Waals surface area contributed by atoms with Crippen LogP contribution in [0.15, 0.2) is 45.1 Å². The molecule has 10 heteroatoms. The lowest BCUT2D eigenvalue weighted by Crippen LogP contribution is -2.40. The first kappa shape index (κ1) is 20.2. The van der Waals surface area contributed by atoms with E-state index < -0.39 is 28.4 Å². The molecule has 1 aliphatic rings. The van der Waals surface area contributed by atoms with Gasteiger partial charge in [-0.25, -0.2) is 13.2 Å². The van der Waals surface area contributed by atoms with Crippen LogP contribution < -0.4 is 0 Å². The number of nitrogens with zero attached hydrogens (tertiary/aromatic N) is 1. The summed E-state index contributed by atoms with van der Waals surface area (Å²) >= 11 is 4.46. The van der Waals surface area contributed by atoms with Crippen molar-refractivity contribution < 1.29 is 27.5 Å². The molecule has 7 nitrogen and oxygen atoms in total. The highest BCUT2D eigenvalue weighted by Gasteiger charge is 2.26. The lowest BCUT2D eigenvalue weighted by Gasteiger charge is -2.26. The number of rotatable bonds is 6. The number of esters is 1. The quantitative estimate of drug-likeness (QED) is 0.472. The molecule has 3 rings (SSSR count). The lowest BCUT2D eigenvalue weighted by molar-refractivity contribution is 0.0479. The number of ether oxygens (including phenoxy) is 2. The second kappa shape index (κ2) is 8.61. The number of sulfonamides is 1. The van der Waals surface area contributed by atoms with Crippen LogP contribution in [0, 0.1) is 0 Å². The van der Waals surface area contributed by atoms with Gasteiger partial charge in [0.1, 0.15) is 4.88 Å². The van der Waals surface area contributed by atoms with Gasteiger partial charge < -0.3 is 9.47 Å². The standard InChI is InChI=1S/C17H16BrNO6S2/c18-16-6-5-15(26-16)17(21)25-11-14(20)12-1-3-13(4-2-12)27(22,23)19-7-9-24-10-8-19/h1-6H,7-11H2. The number of carbonyl (C=O) groups excluding carboxylic acids is 2. The molecule has 1 aromatic heterocycles. The van der Waals surface area contributed by atoms with Crippen molar-refractivity contribution in [2.24, 2.45) is 0 Å². The minimum absolute atomic E-state index is 0.112. The number of Topliss-reactive ketones (excluding diaryl/α,β-unsaturated/α-hetero) is 1. The van der Waals surface area contributed by atoms with Gasteiger partial charge in [0.2, 0.25) is 10.0 Å². The summed E-state index contributed by atoms with van der Waals surface area (Å²) in [6.07, 6.45) is 0. The fraction of sp³-hybridized carbons (Fsp3) is 0.294. The van der Waals surface area contributed by atoms with Crippen molar-refractivity contribution in [2.45, 2.75) is 4.90 Å². The molecule has 2 heterocycles. The molecule has 0 unspecified atom stereocenters. The topological polar surface area (TPSA) is 90.0 Å². The molecular formula is C17H16BrNO6S2. The molecular weight excluding hydrogens is 458 g/mol. The Balaban J connectivity index is 1.62. The van der Waals surface area contributed by atoms with Crippen LogP contribution in [-0.4, -0.2) is 57.4 Å². The van der Waals surface area contributed by atoms with Gasteiger partial charge in [0.05, 0.1) is 21.9 Å². The number of benzene rings is 1. The largest absolute Gasteiger partial charge is 0.453 e. The maximum atomic E-state index is 12.6.